The molecule has 2 aliphatic rings. The molecule has 7 nitrogen and oxygen atoms in total. The number of aromatic nitrogens is 6. The van der Waals surface area contributed by atoms with Crippen LogP contribution in [-0.4, -0.2) is 29.5 Å². The first-order valence-corrected chi connectivity index (χ1v) is 23.0. The van der Waals surface area contributed by atoms with E-state index in [-0.39, 0.29) is 12.0 Å². The summed E-state index contributed by atoms with van der Waals surface area (Å²) in [7, 11) is 0. The number of benzene rings is 8. The molecule has 8 aromatic carbocycles. The summed E-state index contributed by atoms with van der Waals surface area (Å²) in [4.78, 5) is 28.5. The Bertz CT molecular complexity index is 3620. The van der Waals surface area contributed by atoms with Crippen molar-refractivity contribution in [1.29, 1.82) is 0 Å². The number of anilines is 2. The van der Waals surface area contributed by atoms with Crippen molar-refractivity contribution >= 4 is 28.6 Å². The van der Waals surface area contributed by atoms with Gasteiger partial charge in [-0.1, -0.05) is 206 Å². The molecule has 320 valence electrons. The van der Waals surface area contributed by atoms with Gasteiger partial charge >= 0.3 is 0 Å². The van der Waals surface area contributed by atoms with Gasteiger partial charge in [-0.2, -0.15) is 9.97 Å². The van der Waals surface area contributed by atoms with Crippen molar-refractivity contribution in [2.24, 2.45) is 0 Å². The first-order chi connectivity index (χ1) is 33.7. The van der Waals surface area contributed by atoms with Crippen LogP contribution in [0.25, 0.3) is 90.5 Å². The number of hydrogen-bond donors (Lipinski definition) is 0. The monoisotopic (exact) mass is 871 g/mol. The average Bonchev–Trinajstić information content (AvgIpc) is 3.95. The molecule has 0 N–H and O–H groups in total. The van der Waals surface area contributed by atoms with Crippen LogP contribution in [0.3, 0.4) is 0 Å². The molecule has 11 aromatic rings. The minimum atomic E-state index is -0.188. The smallest absolute Gasteiger partial charge is 0.234 e. The lowest BCUT2D eigenvalue weighted by Gasteiger charge is -2.32. The second-order valence-corrected chi connectivity index (χ2v) is 17.2. The summed E-state index contributed by atoms with van der Waals surface area (Å²) < 4.78 is 2.45. The highest BCUT2D eigenvalue weighted by molar-refractivity contribution is 5.95. The van der Waals surface area contributed by atoms with Crippen LogP contribution in [-0.2, 0) is 0 Å². The Morgan fingerprint density at radius 3 is 1.56 bits per heavy atom. The highest BCUT2D eigenvalue weighted by Crippen LogP contribution is 2.57. The van der Waals surface area contributed by atoms with Gasteiger partial charge in [-0.25, -0.2) is 15.0 Å². The molecule has 68 heavy (non-hydrogen) atoms. The summed E-state index contributed by atoms with van der Waals surface area (Å²) >= 11 is 0. The SMILES string of the molecule is C1=CC2c3ccccc3N(c3nc(-c4ccccc4)nc(-c4ccccc4)n3)C2c2c1c1ccccc1n2-c1cccc(-c2cc(-c3ccc(-c4ccccc4)cc3)nc(-c3ccccc3)n2)c1. The van der Waals surface area contributed by atoms with E-state index in [1.54, 1.807) is 0 Å². The molecule has 0 radical (unpaired) electrons. The lowest BCUT2D eigenvalue weighted by molar-refractivity contribution is 0.626. The van der Waals surface area contributed by atoms with Crippen molar-refractivity contribution in [3.05, 3.63) is 247 Å². The molecule has 2 atom stereocenters. The van der Waals surface area contributed by atoms with E-state index < -0.39 is 0 Å². The van der Waals surface area contributed by atoms with E-state index in [4.69, 9.17) is 24.9 Å². The second kappa shape index (κ2) is 16.4. The van der Waals surface area contributed by atoms with E-state index in [0.29, 0.717) is 23.4 Å². The molecule has 7 heteroatoms. The maximum atomic E-state index is 5.33. The van der Waals surface area contributed by atoms with Crippen LogP contribution in [0.1, 0.15) is 28.8 Å². The molecule has 0 bridgehead atoms. The van der Waals surface area contributed by atoms with Crippen molar-refractivity contribution < 1.29 is 0 Å². The van der Waals surface area contributed by atoms with Crippen LogP contribution in [0.2, 0.25) is 0 Å². The lowest BCUT2D eigenvalue weighted by atomic mass is 9.86. The number of rotatable bonds is 8. The fourth-order valence-corrected chi connectivity index (χ4v) is 10.1. The van der Waals surface area contributed by atoms with Gasteiger partial charge in [-0.3, -0.25) is 0 Å². The molecule has 1 aliphatic carbocycles. The predicted octanol–water partition coefficient (Wildman–Crippen LogP) is 14.6. The molecule has 0 saturated carbocycles. The van der Waals surface area contributed by atoms with Gasteiger partial charge in [0.05, 0.1) is 28.6 Å². The van der Waals surface area contributed by atoms with Crippen molar-refractivity contribution in [1.82, 2.24) is 29.5 Å². The second-order valence-electron chi connectivity index (χ2n) is 17.2. The van der Waals surface area contributed by atoms with E-state index in [1.807, 2.05) is 60.7 Å². The molecule has 1 aliphatic heterocycles. The van der Waals surface area contributed by atoms with Crippen molar-refractivity contribution in [2.45, 2.75) is 12.0 Å². The van der Waals surface area contributed by atoms with E-state index in [2.05, 4.69) is 185 Å². The van der Waals surface area contributed by atoms with Crippen molar-refractivity contribution in [2.75, 3.05) is 4.90 Å². The zero-order valence-corrected chi connectivity index (χ0v) is 36.8. The van der Waals surface area contributed by atoms with Gasteiger partial charge in [0.25, 0.3) is 0 Å². The third-order valence-electron chi connectivity index (χ3n) is 13.2. The van der Waals surface area contributed by atoms with Crippen LogP contribution in [0, 0.1) is 0 Å². The normalized spacial score (nSPS) is 14.7. The quantitative estimate of drug-likeness (QED) is 0.151. The summed E-state index contributed by atoms with van der Waals surface area (Å²) in [5, 5.41) is 1.18. The predicted molar refractivity (Wildman–Crippen MR) is 274 cm³/mol. The average molecular weight is 872 g/mol. The number of fused-ring (bicyclic) bond motifs is 7. The van der Waals surface area contributed by atoms with Gasteiger partial charge in [0, 0.05) is 56.1 Å². The third-order valence-corrected chi connectivity index (χ3v) is 13.2. The molecular formula is C61H41N7. The Morgan fingerprint density at radius 1 is 0.382 bits per heavy atom. The lowest BCUT2D eigenvalue weighted by Crippen LogP contribution is -2.28. The van der Waals surface area contributed by atoms with Gasteiger partial charge in [0.1, 0.15) is 0 Å². The van der Waals surface area contributed by atoms with Crippen LogP contribution in [0.15, 0.2) is 231 Å². The van der Waals surface area contributed by atoms with E-state index in [1.165, 1.54) is 27.8 Å². The Labute approximate surface area is 394 Å². The van der Waals surface area contributed by atoms with Gasteiger partial charge in [-0.05, 0) is 47.0 Å². The molecule has 0 spiro atoms. The summed E-state index contributed by atoms with van der Waals surface area (Å²) in [5.41, 5.74) is 15.7. The molecular weight excluding hydrogens is 831 g/mol. The summed E-state index contributed by atoms with van der Waals surface area (Å²) in [6.07, 6.45) is 4.69. The van der Waals surface area contributed by atoms with E-state index in [9.17, 15) is 0 Å². The number of hydrogen-bond acceptors (Lipinski definition) is 6. The van der Waals surface area contributed by atoms with Crippen LogP contribution in [0.4, 0.5) is 11.6 Å². The standard InChI is InChI=1S/C61H41N7/c1-5-18-40(19-6-1)41-32-34-42(35-33-41)52-39-53(63-58(62-52)43-20-7-2-8-21-43)46-26-17-27-47(38-46)67-54-30-15-13-28-48(54)50-36-37-51-49-29-14-16-31-55(49)68(57(51)56(50)67)61-65-59(44-22-9-3-10-23-44)64-60(66-61)45-24-11-4-12-25-45/h1-39,51,57H. The molecule has 0 saturated heterocycles. The molecule has 4 heterocycles. The maximum Gasteiger partial charge on any atom is 0.234 e. The first kappa shape index (κ1) is 39.3. The highest BCUT2D eigenvalue weighted by atomic mass is 15.3. The van der Waals surface area contributed by atoms with Crippen molar-refractivity contribution in [3.63, 3.8) is 0 Å². The van der Waals surface area contributed by atoms with E-state index in [0.717, 1.165) is 61.7 Å². The molecule has 13 rings (SSSR count). The Hall–Kier alpha value is -9.07. The van der Waals surface area contributed by atoms with Crippen LogP contribution in [0.5, 0.6) is 0 Å². The fourth-order valence-electron chi connectivity index (χ4n) is 10.1. The third kappa shape index (κ3) is 6.79. The molecule has 3 aromatic heterocycles. The summed E-state index contributed by atoms with van der Waals surface area (Å²) in [5.74, 6) is 2.55. The van der Waals surface area contributed by atoms with Gasteiger partial charge in [0.15, 0.2) is 17.5 Å². The van der Waals surface area contributed by atoms with Gasteiger partial charge in [0.2, 0.25) is 5.95 Å². The van der Waals surface area contributed by atoms with Crippen LogP contribution < -0.4 is 4.90 Å². The minimum absolute atomic E-state index is 0.0215. The Morgan fingerprint density at radius 2 is 0.897 bits per heavy atom. The van der Waals surface area contributed by atoms with Gasteiger partial charge < -0.3 is 9.47 Å². The van der Waals surface area contributed by atoms with Crippen LogP contribution >= 0.6 is 0 Å². The molecule has 2 unspecified atom stereocenters. The van der Waals surface area contributed by atoms with Crippen molar-refractivity contribution in [3.8, 4) is 73.5 Å². The molecule has 0 amide bonds. The summed E-state index contributed by atoms with van der Waals surface area (Å²) in [6, 6.07) is 77.9. The topological polar surface area (TPSA) is 72.6 Å². The summed E-state index contributed by atoms with van der Waals surface area (Å²) in [6.45, 7) is 0. The van der Waals surface area contributed by atoms with Gasteiger partial charge in [-0.15, -0.1) is 0 Å². The largest absolute Gasteiger partial charge is 0.311 e. The highest BCUT2D eigenvalue weighted by Gasteiger charge is 2.45. The van der Waals surface area contributed by atoms with E-state index >= 15 is 0 Å². The zero-order valence-electron chi connectivity index (χ0n) is 36.8. The number of nitrogens with zero attached hydrogens (tertiary/aromatic N) is 7. The fraction of sp³-hybridized carbons (Fsp3) is 0.0328. The zero-order chi connectivity index (χ0) is 45.0. The first-order valence-electron chi connectivity index (χ1n) is 23.0. The Balaban J connectivity index is 0.985. The maximum absolute atomic E-state index is 5.33. The molecule has 0 fully saturated rings. The Kier molecular flexibility index (Phi) is 9.49. The number of para-hydroxylation sites is 2. The minimum Gasteiger partial charge on any atom is -0.311 e.